The van der Waals surface area contributed by atoms with E-state index in [9.17, 15) is 0 Å². The van der Waals surface area contributed by atoms with Gasteiger partial charge < -0.3 is 10.1 Å². The van der Waals surface area contributed by atoms with Crippen molar-refractivity contribution in [3.05, 3.63) is 22.8 Å². The minimum atomic E-state index is -0.258. The molecule has 1 saturated carbocycles. The van der Waals surface area contributed by atoms with Crippen LogP contribution in [0.5, 0.6) is 0 Å². The monoisotopic (exact) mass is 291 g/mol. The normalized spacial score (nSPS) is 18.2. The van der Waals surface area contributed by atoms with Crippen molar-refractivity contribution >= 4 is 0 Å². The van der Waals surface area contributed by atoms with Gasteiger partial charge >= 0.3 is 0 Å². The molecule has 4 heteroatoms. The van der Waals surface area contributed by atoms with Crippen LogP contribution in [0.25, 0.3) is 0 Å². The molecule has 0 amide bonds. The third-order valence-corrected chi connectivity index (χ3v) is 4.43. The van der Waals surface area contributed by atoms with Gasteiger partial charge in [-0.3, -0.25) is 0 Å². The molecule has 1 aliphatic rings. The molecule has 0 unspecified atom stereocenters. The van der Waals surface area contributed by atoms with Crippen molar-refractivity contribution in [3.8, 4) is 0 Å². The van der Waals surface area contributed by atoms with Crippen molar-refractivity contribution in [2.24, 2.45) is 0 Å². The predicted molar refractivity (Wildman–Crippen MR) is 85.3 cm³/mol. The van der Waals surface area contributed by atoms with E-state index in [1.807, 2.05) is 0 Å². The summed E-state index contributed by atoms with van der Waals surface area (Å²) >= 11 is 0. The van der Waals surface area contributed by atoms with Gasteiger partial charge in [0, 0.05) is 36.1 Å². The van der Waals surface area contributed by atoms with Gasteiger partial charge in [-0.2, -0.15) is 0 Å². The van der Waals surface area contributed by atoms with E-state index >= 15 is 0 Å². The third kappa shape index (κ3) is 3.61. The molecule has 118 valence electrons. The maximum absolute atomic E-state index is 5.81. The van der Waals surface area contributed by atoms with Gasteiger partial charge in [0.15, 0.2) is 5.82 Å². The fourth-order valence-electron chi connectivity index (χ4n) is 3.02. The highest BCUT2D eigenvalue weighted by Crippen LogP contribution is 2.40. The molecule has 4 nitrogen and oxygen atoms in total. The summed E-state index contributed by atoms with van der Waals surface area (Å²) in [6, 6.07) is 0. The summed E-state index contributed by atoms with van der Waals surface area (Å²) in [5.41, 5.74) is 3.18. The summed E-state index contributed by atoms with van der Waals surface area (Å²) in [6.07, 6.45) is 4.45. The Morgan fingerprint density at radius 2 is 1.62 bits per heavy atom. The minimum Gasteiger partial charge on any atom is -0.370 e. The highest BCUT2D eigenvalue weighted by Gasteiger charge is 2.39. The van der Waals surface area contributed by atoms with Crippen LogP contribution in [0, 0.1) is 13.8 Å². The van der Waals surface area contributed by atoms with E-state index in [4.69, 9.17) is 14.7 Å². The highest BCUT2D eigenvalue weighted by molar-refractivity contribution is 5.26. The average Bonchev–Trinajstić information content (AvgIpc) is 2.86. The number of hydrogen-bond acceptors (Lipinski definition) is 4. The number of hydrogen-bond donors (Lipinski definition) is 1. The first-order chi connectivity index (χ1) is 9.77. The molecule has 1 N–H and O–H groups in total. The fourth-order valence-corrected chi connectivity index (χ4v) is 3.02. The largest absolute Gasteiger partial charge is 0.370 e. The van der Waals surface area contributed by atoms with Crippen molar-refractivity contribution in [3.63, 3.8) is 0 Å². The van der Waals surface area contributed by atoms with Crippen molar-refractivity contribution < 1.29 is 4.74 Å². The van der Waals surface area contributed by atoms with E-state index in [1.54, 1.807) is 7.11 Å². The van der Waals surface area contributed by atoms with Gasteiger partial charge in [0.25, 0.3) is 0 Å². The van der Waals surface area contributed by atoms with E-state index in [1.165, 1.54) is 18.4 Å². The second-order valence-corrected chi connectivity index (χ2v) is 7.21. The Kier molecular flexibility index (Phi) is 4.69. The Morgan fingerprint density at radius 3 is 2.05 bits per heavy atom. The molecular formula is C17H29N3O. The van der Waals surface area contributed by atoms with Gasteiger partial charge in [0.05, 0.1) is 0 Å². The van der Waals surface area contributed by atoms with Crippen LogP contribution in [0.3, 0.4) is 0 Å². The first-order valence-corrected chi connectivity index (χ1v) is 7.92. The van der Waals surface area contributed by atoms with Crippen LogP contribution < -0.4 is 5.32 Å². The molecule has 0 radical (unpaired) electrons. The molecule has 1 heterocycles. The highest BCUT2D eigenvalue weighted by atomic mass is 16.5. The summed E-state index contributed by atoms with van der Waals surface area (Å²) in [5, 5.41) is 3.52. The van der Waals surface area contributed by atoms with E-state index < -0.39 is 0 Å². The van der Waals surface area contributed by atoms with Crippen LogP contribution in [0.15, 0.2) is 0 Å². The lowest BCUT2D eigenvalue weighted by molar-refractivity contribution is -0.0166. The van der Waals surface area contributed by atoms with Crippen LogP contribution in [0.2, 0.25) is 0 Å². The maximum Gasteiger partial charge on any atom is 0.160 e. The lowest BCUT2D eigenvalue weighted by Crippen LogP contribution is -2.36. The molecule has 21 heavy (non-hydrogen) atoms. The average molecular weight is 291 g/mol. The number of nitrogens with one attached hydrogen (secondary N) is 1. The SMILES string of the molecule is COC1(c2nc(C)c(CNC(C)(C)C)c(C)n2)CCCC1. The van der Waals surface area contributed by atoms with Crippen LogP contribution in [0.1, 0.15) is 69.2 Å². The predicted octanol–water partition coefficient (Wildman–Crippen LogP) is 3.40. The second-order valence-electron chi connectivity index (χ2n) is 7.21. The zero-order chi connectivity index (χ0) is 15.7. The van der Waals surface area contributed by atoms with Crippen LogP contribution in [0.4, 0.5) is 0 Å². The lowest BCUT2D eigenvalue weighted by atomic mass is 10.00. The summed E-state index contributed by atoms with van der Waals surface area (Å²) in [7, 11) is 1.79. The Labute approximate surface area is 128 Å². The second kappa shape index (κ2) is 6.01. The van der Waals surface area contributed by atoms with Gasteiger partial charge in [-0.05, 0) is 60.3 Å². The zero-order valence-corrected chi connectivity index (χ0v) is 14.3. The first-order valence-electron chi connectivity index (χ1n) is 7.92. The molecular weight excluding hydrogens is 262 g/mol. The molecule has 1 fully saturated rings. The van der Waals surface area contributed by atoms with Crippen LogP contribution in [-0.2, 0) is 16.9 Å². The number of aromatic nitrogens is 2. The van der Waals surface area contributed by atoms with Crippen molar-refractivity contribution in [2.45, 2.75) is 78.0 Å². The number of nitrogens with zero attached hydrogens (tertiary/aromatic N) is 2. The Balaban J connectivity index is 2.28. The van der Waals surface area contributed by atoms with Crippen LogP contribution >= 0.6 is 0 Å². The quantitative estimate of drug-likeness (QED) is 0.923. The molecule has 0 aromatic carbocycles. The number of ether oxygens (including phenoxy) is 1. The third-order valence-electron chi connectivity index (χ3n) is 4.43. The summed E-state index contributed by atoms with van der Waals surface area (Å²) in [6.45, 7) is 11.5. The van der Waals surface area contributed by atoms with Gasteiger partial charge in [-0.1, -0.05) is 0 Å². The van der Waals surface area contributed by atoms with E-state index in [0.717, 1.165) is 36.6 Å². The summed E-state index contributed by atoms with van der Waals surface area (Å²) in [5.74, 6) is 0.872. The molecule has 2 rings (SSSR count). The molecule has 0 aliphatic heterocycles. The molecule has 1 aliphatic carbocycles. The molecule has 0 atom stereocenters. The number of methoxy groups -OCH3 is 1. The Bertz CT molecular complexity index is 476. The standard InChI is InChI=1S/C17H29N3O/c1-12-14(11-18-16(3,4)5)13(2)20-15(19-12)17(21-6)9-7-8-10-17/h18H,7-11H2,1-6H3. The van der Waals surface area contributed by atoms with Crippen molar-refractivity contribution in [2.75, 3.05) is 7.11 Å². The van der Waals surface area contributed by atoms with Crippen molar-refractivity contribution in [1.29, 1.82) is 0 Å². The molecule has 1 aromatic heterocycles. The van der Waals surface area contributed by atoms with E-state index in [2.05, 4.69) is 39.9 Å². The van der Waals surface area contributed by atoms with Gasteiger partial charge in [-0.25, -0.2) is 9.97 Å². The maximum atomic E-state index is 5.81. The smallest absolute Gasteiger partial charge is 0.160 e. The summed E-state index contributed by atoms with van der Waals surface area (Å²) in [4.78, 5) is 9.57. The fraction of sp³-hybridized carbons (Fsp3) is 0.765. The van der Waals surface area contributed by atoms with E-state index in [0.29, 0.717) is 0 Å². The lowest BCUT2D eigenvalue weighted by Gasteiger charge is -2.27. The van der Waals surface area contributed by atoms with Gasteiger partial charge in [0.2, 0.25) is 0 Å². The van der Waals surface area contributed by atoms with E-state index in [-0.39, 0.29) is 11.1 Å². The van der Waals surface area contributed by atoms with Gasteiger partial charge in [0.1, 0.15) is 5.60 Å². The minimum absolute atomic E-state index is 0.0940. The van der Waals surface area contributed by atoms with Gasteiger partial charge in [-0.15, -0.1) is 0 Å². The first kappa shape index (κ1) is 16.4. The zero-order valence-electron chi connectivity index (χ0n) is 14.3. The number of rotatable bonds is 4. The van der Waals surface area contributed by atoms with Crippen LogP contribution in [-0.4, -0.2) is 22.6 Å². The number of aryl methyl sites for hydroxylation is 2. The summed E-state index contributed by atoms with van der Waals surface area (Å²) < 4.78 is 5.81. The molecule has 0 bridgehead atoms. The van der Waals surface area contributed by atoms with Crippen molar-refractivity contribution in [1.82, 2.24) is 15.3 Å². The topological polar surface area (TPSA) is 47.0 Å². The Morgan fingerprint density at radius 1 is 1.10 bits per heavy atom. The molecule has 0 saturated heterocycles. The molecule has 0 spiro atoms. The molecule has 1 aromatic rings. The Hall–Kier alpha value is -1.00.